The van der Waals surface area contributed by atoms with Crippen LogP contribution in [0, 0.1) is 12.8 Å². The zero-order valence-corrected chi connectivity index (χ0v) is 18.5. The third-order valence-corrected chi connectivity index (χ3v) is 6.16. The fourth-order valence-electron chi connectivity index (χ4n) is 4.34. The molecule has 1 aliphatic rings. The lowest BCUT2D eigenvalue weighted by molar-refractivity contribution is 0.146. The number of halogens is 2. The zero-order valence-electron chi connectivity index (χ0n) is 18.5. The molecular weight excluding hydrogens is 396 g/mol. The number of hydrogen-bond acceptors (Lipinski definition) is 5. The number of allylic oxidation sites excluding steroid dienone is 1. The smallest absolute Gasteiger partial charge is 0.280 e. The molecule has 0 radical (unpaired) electrons. The summed E-state index contributed by atoms with van der Waals surface area (Å²) in [7, 11) is 1.73. The summed E-state index contributed by atoms with van der Waals surface area (Å²) in [4.78, 5) is 8.47. The number of hydrazine groups is 1. The molecule has 168 valence electrons. The molecular formula is C24H33F2N5. The van der Waals surface area contributed by atoms with Crippen molar-refractivity contribution in [2.45, 2.75) is 64.7 Å². The SMILES string of the molecule is Cc1nc(/C(N)=C(\CCc2ccnc(C(F)F)c2)N(C)N)ccc1CC1CCCCC1. The van der Waals surface area contributed by atoms with Gasteiger partial charge in [0.1, 0.15) is 5.69 Å². The second-order valence-electron chi connectivity index (χ2n) is 8.51. The Morgan fingerprint density at radius 2 is 1.94 bits per heavy atom. The minimum atomic E-state index is -2.59. The highest BCUT2D eigenvalue weighted by Gasteiger charge is 2.17. The molecule has 0 bridgehead atoms. The van der Waals surface area contributed by atoms with Crippen LogP contribution in [0.15, 0.2) is 36.2 Å². The van der Waals surface area contributed by atoms with Crippen molar-refractivity contribution in [3.05, 3.63) is 64.4 Å². The maximum Gasteiger partial charge on any atom is 0.280 e. The molecule has 4 N–H and O–H groups in total. The maximum atomic E-state index is 12.9. The van der Waals surface area contributed by atoms with Gasteiger partial charge in [0.15, 0.2) is 0 Å². The third kappa shape index (κ3) is 6.23. The Morgan fingerprint density at radius 1 is 1.19 bits per heavy atom. The molecule has 1 fully saturated rings. The average Bonchev–Trinajstić information content (AvgIpc) is 2.76. The van der Waals surface area contributed by atoms with E-state index in [0.29, 0.717) is 24.2 Å². The molecule has 31 heavy (non-hydrogen) atoms. The zero-order chi connectivity index (χ0) is 22.4. The van der Waals surface area contributed by atoms with E-state index in [4.69, 9.17) is 16.6 Å². The van der Waals surface area contributed by atoms with Crippen LogP contribution < -0.4 is 11.6 Å². The van der Waals surface area contributed by atoms with Crippen molar-refractivity contribution >= 4 is 5.70 Å². The van der Waals surface area contributed by atoms with Crippen LogP contribution >= 0.6 is 0 Å². The summed E-state index contributed by atoms with van der Waals surface area (Å²) in [6.45, 7) is 2.03. The maximum absolute atomic E-state index is 12.9. The summed E-state index contributed by atoms with van der Waals surface area (Å²) in [5.74, 6) is 6.79. The monoisotopic (exact) mass is 429 g/mol. The Bertz CT molecular complexity index is 905. The molecule has 3 rings (SSSR count). The number of pyridine rings is 2. The minimum absolute atomic E-state index is 0.219. The lowest BCUT2D eigenvalue weighted by Crippen LogP contribution is -2.28. The standard InChI is InChI=1S/C24H33F2N5/c1-16-19(14-17-6-4-3-5-7-17)9-10-20(30-16)23(27)22(31(2)28)11-8-18-12-13-29-21(15-18)24(25)26/h9-10,12-13,15,17,24H,3-8,11,14,27-28H2,1-2H3/b23-22-. The van der Waals surface area contributed by atoms with Gasteiger partial charge in [0.2, 0.25) is 0 Å². The summed E-state index contributed by atoms with van der Waals surface area (Å²) in [6.07, 6.45) is 7.53. The van der Waals surface area contributed by atoms with Crippen molar-refractivity contribution in [3.63, 3.8) is 0 Å². The van der Waals surface area contributed by atoms with Crippen LogP contribution in [0.2, 0.25) is 0 Å². The van der Waals surface area contributed by atoms with E-state index in [1.165, 1.54) is 54.9 Å². The van der Waals surface area contributed by atoms with Crippen molar-refractivity contribution in [3.8, 4) is 0 Å². The van der Waals surface area contributed by atoms with Gasteiger partial charge in [0, 0.05) is 18.9 Å². The molecule has 0 unspecified atom stereocenters. The summed E-state index contributed by atoms with van der Waals surface area (Å²) in [6, 6.07) is 7.26. The van der Waals surface area contributed by atoms with E-state index in [1.807, 2.05) is 13.0 Å². The van der Waals surface area contributed by atoms with E-state index >= 15 is 0 Å². The molecule has 0 aliphatic heterocycles. The fourth-order valence-corrected chi connectivity index (χ4v) is 4.34. The Morgan fingerprint density at radius 3 is 2.58 bits per heavy atom. The molecule has 0 spiro atoms. The largest absolute Gasteiger partial charge is 0.396 e. The average molecular weight is 430 g/mol. The Balaban J connectivity index is 1.75. The van der Waals surface area contributed by atoms with Gasteiger partial charge in [0.25, 0.3) is 6.43 Å². The molecule has 0 atom stereocenters. The van der Waals surface area contributed by atoms with Gasteiger partial charge in [-0.3, -0.25) is 9.97 Å². The van der Waals surface area contributed by atoms with Crippen molar-refractivity contribution in [1.82, 2.24) is 15.0 Å². The number of rotatable bonds is 8. The highest BCUT2D eigenvalue weighted by Crippen LogP contribution is 2.28. The summed E-state index contributed by atoms with van der Waals surface area (Å²) in [5.41, 5.74) is 11.2. The van der Waals surface area contributed by atoms with E-state index in [9.17, 15) is 8.78 Å². The molecule has 2 aromatic rings. The number of aromatic nitrogens is 2. The first-order chi connectivity index (χ1) is 14.8. The van der Waals surface area contributed by atoms with Gasteiger partial charge in [-0.2, -0.15) is 0 Å². The normalized spacial score (nSPS) is 15.8. The number of nitrogens with two attached hydrogens (primary N) is 2. The van der Waals surface area contributed by atoms with Gasteiger partial charge in [-0.05, 0) is 61.4 Å². The van der Waals surface area contributed by atoms with Crippen molar-refractivity contribution in [2.24, 2.45) is 17.5 Å². The van der Waals surface area contributed by atoms with Gasteiger partial charge in [-0.15, -0.1) is 0 Å². The van der Waals surface area contributed by atoms with Crippen molar-refractivity contribution in [1.29, 1.82) is 0 Å². The lowest BCUT2D eigenvalue weighted by atomic mass is 9.84. The van der Waals surface area contributed by atoms with E-state index in [-0.39, 0.29) is 5.69 Å². The third-order valence-electron chi connectivity index (χ3n) is 6.16. The van der Waals surface area contributed by atoms with Gasteiger partial charge >= 0.3 is 0 Å². The first-order valence-electron chi connectivity index (χ1n) is 11.0. The van der Waals surface area contributed by atoms with Gasteiger partial charge in [-0.25, -0.2) is 14.6 Å². The number of aryl methyl sites for hydroxylation is 2. The number of hydrogen-bond donors (Lipinski definition) is 2. The topological polar surface area (TPSA) is 81.1 Å². The molecule has 2 heterocycles. The summed E-state index contributed by atoms with van der Waals surface area (Å²) >= 11 is 0. The quantitative estimate of drug-likeness (QED) is 0.460. The Hall–Kier alpha value is -2.54. The van der Waals surface area contributed by atoms with Crippen LogP contribution in [0.5, 0.6) is 0 Å². The molecule has 7 heteroatoms. The van der Waals surface area contributed by atoms with E-state index < -0.39 is 6.43 Å². The van der Waals surface area contributed by atoms with E-state index in [2.05, 4.69) is 11.1 Å². The number of nitrogens with zero attached hydrogens (tertiary/aromatic N) is 3. The van der Waals surface area contributed by atoms with E-state index in [1.54, 1.807) is 13.1 Å². The molecule has 0 aromatic carbocycles. The van der Waals surface area contributed by atoms with E-state index in [0.717, 1.165) is 29.3 Å². The van der Waals surface area contributed by atoms with Gasteiger partial charge in [0.05, 0.1) is 17.1 Å². The van der Waals surface area contributed by atoms with Gasteiger partial charge in [-0.1, -0.05) is 38.2 Å². The van der Waals surface area contributed by atoms with Crippen LogP contribution in [0.1, 0.15) is 73.2 Å². The van der Waals surface area contributed by atoms with Crippen molar-refractivity contribution < 1.29 is 8.78 Å². The molecule has 2 aromatic heterocycles. The molecule has 1 saturated carbocycles. The fraction of sp³-hybridized carbons (Fsp3) is 0.500. The second-order valence-corrected chi connectivity index (χ2v) is 8.51. The highest BCUT2D eigenvalue weighted by atomic mass is 19.3. The predicted molar refractivity (Wildman–Crippen MR) is 120 cm³/mol. The molecule has 1 aliphatic carbocycles. The highest BCUT2D eigenvalue weighted by molar-refractivity contribution is 5.63. The van der Waals surface area contributed by atoms with Gasteiger partial charge < -0.3 is 10.7 Å². The van der Waals surface area contributed by atoms with Crippen LogP contribution in [-0.2, 0) is 12.8 Å². The van der Waals surface area contributed by atoms with Crippen LogP contribution in [0.25, 0.3) is 5.70 Å². The van der Waals surface area contributed by atoms with Crippen LogP contribution in [0.4, 0.5) is 8.78 Å². The van der Waals surface area contributed by atoms with Crippen LogP contribution in [0.3, 0.4) is 0 Å². The summed E-state index contributed by atoms with van der Waals surface area (Å²) in [5, 5.41) is 1.48. The van der Waals surface area contributed by atoms with Crippen LogP contribution in [-0.4, -0.2) is 22.0 Å². The first-order valence-corrected chi connectivity index (χ1v) is 11.0. The molecule has 0 amide bonds. The second kappa shape index (κ2) is 10.7. The predicted octanol–water partition coefficient (Wildman–Crippen LogP) is 4.91. The Kier molecular flexibility index (Phi) is 7.96. The number of alkyl halides is 2. The molecule has 0 saturated heterocycles. The minimum Gasteiger partial charge on any atom is -0.396 e. The molecule has 5 nitrogen and oxygen atoms in total. The Labute approximate surface area is 183 Å². The van der Waals surface area contributed by atoms with Crippen molar-refractivity contribution in [2.75, 3.05) is 7.05 Å². The lowest BCUT2D eigenvalue weighted by Gasteiger charge is -2.23. The summed E-state index contributed by atoms with van der Waals surface area (Å²) < 4.78 is 25.8. The first kappa shape index (κ1) is 23.1.